The summed E-state index contributed by atoms with van der Waals surface area (Å²) in [5, 5.41) is 3.20. The van der Waals surface area contributed by atoms with Gasteiger partial charge >= 0.3 is 0 Å². The van der Waals surface area contributed by atoms with E-state index in [0.717, 1.165) is 18.1 Å². The Morgan fingerprint density at radius 1 is 1.64 bits per heavy atom. The predicted molar refractivity (Wildman–Crippen MR) is 42.4 cm³/mol. The molecule has 0 unspecified atom stereocenters. The van der Waals surface area contributed by atoms with Gasteiger partial charge in [-0.05, 0) is 0 Å². The van der Waals surface area contributed by atoms with Crippen LogP contribution in [0.2, 0.25) is 0 Å². The molecular weight excluding hydrogens is 138 g/mol. The average molecular weight is 148 g/mol. The molecule has 0 aliphatic carbocycles. The summed E-state index contributed by atoms with van der Waals surface area (Å²) >= 11 is 0. The lowest BCUT2D eigenvalue weighted by Crippen LogP contribution is -2.19. The SMILES string of the molecule is CC1(C)CNc2nc[c]nc21. The second kappa shape index (κ2) is 1.94. The van der Waals surface area contributed by atoms with Gasteiger partial charge in [0.1, 0.15) is 12.0 Å². The van der Waals surface area contributed by atoms with E-state index in [9.17, 15) is 0 Å². The third-order valence-electron chi connectivity index (χ3n) is 1.99. The molecule has 1 radical (unpaired) electrons. The van der Waals surface area contributed by atoms with E-state index >= 15 is 0 Å². The molecule has 0 spiro atoms. The van der Waals surface area contributed by atoms with Crippen LogP contribution in [0, 0.1) is 6.20 Å². The lowest BCUT2D eigenvalue weighted by molar-refractivity contribution is 0.568. The maximum atomic E-state index is 4.16. The molecule has 1 aromatic rings. The standard InChI is InChI=1S/C8H10N3/c1-8(2)5-11-7-6(8)9-3-4-10-7/h4H,5H2,1-2H3,(H,10,11). The third-order valence-corrected chi connectivity index (χ3v) is 1.99. The topological polar surface area (TPSA) is 37.8 Å². The van der Waals surface area contributed by atoms with E-state index in [1.165, 1.54) is 0 Å². The summed E-state index contributed by atoms with van der Waals surface area (Å²) in [6.07, 6.45) is 4.34. The summed E-state index contributed by atoms with van der Waals surface area (Å²) in [7, 11) is 0. The van der Waals surface area contributed by atoms with Crippen molar-refractivity contribution in [2.75, 3.05) is 11.9 Å². The Hall–Kier alpha value is -1.12. The summed E-state index contributed by atoms with van der Waals surface area (Å²) < 4.78 is 0. The number of nitrogens with zero attached hydrogens (tertiary/aromatic N) is 2. The summed E-state index contributed by atoms with van der Waals surface area (Å²) in [5.74, 6) is 0.911. The second-order valence-electron chi connectivity index (χ2n) is 3.43. The molecule has 57 valence electrons. The van der Waals surface area contributed by atoms with Gasteiger partial charge in [0, 0.05) is 12.0 Å². The van der Waals surface area contributed by atoms with Gasteiger partial charge in [-0.3, -0.25) is 0 Å². The molecule has 1 aliphatic rings. The van der Waals surface area contributed by atoms with Crippen LogP contribution in [0.3, 0.4) is 0 Å². The van der Waals surface area contributed by atoms with Gasteiger partial charge in [-0.1, -0.05) is 13.8 Å². The molecule has 3 heteroatoms. The van der Waals surface area contributed by atoms with Crippen molar-refractivity contribution in [2.45, 2.75) is 19.3 Å². The number of rotatable bonds is 0. The fourth-order valence-electron chi connectivity index (χ4n) is 1.29. The Bertz CT molecular complexity index is 280. The minimum absolute atomic E-state index is 0.111. The first-order chi connectivity index (χ1) is 5.20. The number of anilines is 1. The molecule has 1 aliphatic heterocycles. The Kier molecular flexibility index (Phi) is 1.16. The first-order valence-corrected chi connectivity index (χ1v) is 3.67. The van der Waals surface area contributed by atoms with Gasteiger partial charge in [0.05, 0.1) is 11.9 Å². The quantitative estimate of drug-likeness (QED) is 0.596. The molecule has 2 rings (SSSR count). The van der Waals surface area contributed by atoms with Crippen LogP contribution in [0.25, 0.3) is 0 Å². The monoisotopic (exact) mass is 148 g/mol. The normalized spacial score (nSPS) is 19.1. The molecule has 0 aromatic carbocycles. The van der Waals surface area contributed by atoms with Crippen LogP contribution in [-0.2, 0) is 5.41 Å². The smallest absolute Gasteiger partial charge is 0.148 e. The molecule has 0 bridgehead atoms. The number of hydrogen-bond acceptors (Lipinski definition) is 3. The predicted octanol–water partition coefficient (Wildman–Crippen LogP) is 0.980. The van der Waals surface area contributed by atoms with Gasteiger partial charge < -0.3 is 5.32 Å². The molecular formula is C8H10N3. The highest BCUT2D eigenvalue weighted by atomic mass is 15.1. The van der Waals surface area contributed by atoms with Gasteiger partial charge in [-0.2, -0.15) is 0 Å². The highest BCUT2D eigenvalue weighted by Crippen LogP contribution is 2.31. The summed E-state index contributed by atoms with van der Waals surface area (Å²) in [6, 6.07) is 0. The van der Waals surface area contributed by atoms with Crippen LogP contribution in [0.15, 0.2) is 6.20 Å². The molecule has 1 N–H and O–H groups in total. The zero-order chi connectivity index (χ0) is 7.90. The summed E-state index contributed by atoms with van der Waals surface area (Å²) in [4.78, 5) is 8.29. The van der Waals surface area contributed by atoms with Gasteiger partial charge in [-0.25, -0.2) is 9.97 Å². The Balaban J connectivity index is 2.56. The molecule has 0 saturated carbocycles. The molecule has 0 saturated heterocycles. The van der Waals surface area contributed by atoms with Gasteiger partial charge in [-0.15, -0.1) is 0 Å². The Morgan fingerprint density at radius 2 is 2.45 bits per heavy atom. The maximum absolute atomic E-state index is 4.16. The van der Waals surface area contributed by atoms with E-state index in [-0.39, 0.29) is 5.41 Å². The van der Waals surface area contributed by atoms with Crippen molar-refractivity contribution in [2.24, 2.45) is 0 Å². The molecule has 0 atom stereocenters. The van der Waals surface area contributed by atoms with Crippen LogP contribution in [0.5, 0.6) is 0 Å². The largest absolute Gasteiger partial charge is 0.368 e. The van der Waals surface area contributed by atoms with Crippen molar-refractivity contribution < 1.29 is 0 Å². The van der Waals surface area contributed by atoms with E-state index in [0.29, 0.717) is 0 Å². The molecule has 0 fully saturated rings. The summed E-state index contributed by atoms with van der Waals surface area (Å²) in [5.41, 5.74) is 1.14. The van der Waals surface area contributed by atoms with Crippen LogP contribution in [-0.4, -0.2) is 16.5 Å². The number of fused-ring (bicyclic) bond motifs is 1. The van der Waals surface area contributed by atoms with E-state index < -0.39 is 0 Å². The molecule has 2 heterocycles. The summed E-state index contributed by atoms with van der Waals surface area (Å²) in [6.45, 7) is 5.21. The minimum Gasteiger partial charge on any atom is -0.368 e. The number of hydrogen-bond donors (Lipinski definition) is 1. The van der Waals surface area contributed by atoms with Crippen LogP contribution in [0.4, 0.5) is 5.82 Å². The molecule has 3 nitrogen and oxygen atoms in total. The molecule has 1 aromatic heterocycles. The average Bonchev–Trinajstić information content (AvgIpc) is 2.29. The van der Waals surface area contributed by atoms with Crippen molar-refractivity contribution in [3.05, 3.63) is 18.1 Å². The van der Waals surface area contributed by atoms with Gasteiger partial charge in [0.2, 0.25) is 0 Å². The van der Waals surface area contributed by atoms with Crippen molar-refractivity contribution >= 4 is 5.82 Å². The third kappa shape index (κ3) is 0.878. The van der Waals surface area contributed by atoms with Crippen LogP contribution >= 0.6 is 0 Å². The Labute approximate surface area is 65.9 Å². The lowest BCUT2D eigenvalue weighted by Gasteiger charge is -2.14. The van der Waals surface area contributed by atoms with Crippen molar-refractivity contribution in [1.29, 1.82) is 0 Å². The first kappa shape index (κ1) is 6.58. The van der Waals surface area contributed by atoms with E-state index in [1.807, 2.05) is 0 Å². The lowest BCUT2D eigenvalue weighted by atomic mass is 9.92. The van der Waals surface area contributed by atoms with Crippen LogP contribution < -0.4 is 5.32 Å². The first-order valence-electron chi connectivity index (χ1n) is 3.67. The van der Waals surface area contributed by atoms with E-state index in [4.69, 9.17) is 0 Å². The minimum atomic E-state index is 0.111. The van der Waals surface area contributed by atoms with Crippen LogP contribution in [0.1, 0.15) is 19.5 Å². The van der Waals surface area contributed by atoms with Crippen molar-refractivity contribution in [3.8, 4) is 0 Å². The molecule has 0 amide bonds. The highest BCUT2D eigenvalue weighted by molar-refractivity contribution is 5.49. The highest BCUT2D eigenvalue weighted by Gasteiger charge is 2.31. The number of nitrogens with one attached hydrogen (secondary N) is 1. The maximum Gasteiger partial charge on any atom is 0.148 e. The zero-order valence-electron chi connectivity index (χ0n) is 6.68. The fraction of sp³-hybridized carbons (Fsp3) is 0.500. The zero-order valence-corrected chi connectivity index (χ0v) is 6.68. The van der Waals surface area contributed by atoms with Gasteiger partial charge in [0.25, 0.3) is 0 Å². The number of aromatic nitrogens is 2. The fourth-order valence-corrected chi connectivity index (χ4v) is 1.29. The second-order valence-corrected chi connectivity index (χ2v) is 3.43. The van der Waals surface area contributed by atoms with E-state index in [2.05, 4.69) is 35.3 Å². The Morgan fingerprint density at radius 3 is 3.18 bits per heavy atom. The molecule has 11 heavy (non-hydrogen) atoms. The van der Waals surface area contributed by atoms with Gasteiger partial charge in [0.15, 0.2) is 0 Å². The van der Waals surface area contributed by atoms with E-state index in [1.54, 1.807) is 6.20 Å². The van der Waals surface area contributed by atoms with Crippen molar-refractivity contribution in [3.63, 3.8) is 0 Å². The van der Waals surface area contributed by atoms with Crippen molar-refractivity contribution in [1.82, 2.24) is 9.97 Å².